The number of anilines is 3. The summed E-state index contributed by atoms with van der Waals surface area (Å²) >= 11 is -2.92. The normalized spacial score (nSPS) is 17.1. The van der Waals surface area contributed by atoms with Crippen LogP contribution >= 0.6 is 0 Å². The topological polar surface area (TPSA) is 165 Å². The van der Waals surface area contributed by atoms with Crippen molar-refractivity contribution >= 4 is 51.2 Å². The number of carboxylic acid groups (broad SMARTS) is 1. The number of nitrogen functional groups attached to an aromatic ring is 1. The van der Waals surface area contributed by atoms with Crippen molar-refractivity contribution in [1.82, 2.24) is 14.9 Å². The Balaban J connectivity index is 1.66. The molecule has 0 bridgehead atoms. The number of hydrogen-bond donors (Lipinski definition) is 2. The van der Waals surface area contributed by atoms with Crippen LogP contribution in [0.15, 0.2) is 42.7 Å². The highest BCUT2D eigenvalue weighted by atomic mass is 32.2. The lowest BCUT2D eigenvalue weighted by atomic mass is 10.00. The van der Waals surface area contributed by atoms with E-state index in [1.807, 2.05) is 0 Å². The number of benzene rings is 1. The SMILES string of the molecule is CN(C)c1ccc(N([C@H]2CCN([C@H](Cc3cc4ccnc(N)c4cc3OC(F)(F)F)C(=O)O)C2=O)S(=O)[O-])cn1. The number of likely N-dealkylation sites (tertiary alicyclic amines) is 1. The average Bonchev–Trinajstić information content (AvgIpc) is 3.22. The standard InChI is InChI=1S/C24H25F3N6O6S/c1-31(2)20-4-3-15(12-30-20)33(40(37)38)17-6-8-32(22(17)34)18(23(35)36)10-14-9-13-5-7-29-21(28)16(13)11-19(14)39-24(25,26)27/h3-5,7,9,11-12,17-18H,6,8,10H2,1-2H3,(H2,28,29)(H,35,36)(H,37,38)/p-1/t17-,18+/m0/s1. The van der Waals surface area contributed by atoms with E-state index < -0.39 is 53.8 Å². The number of halogens is 3. The van der Waals surface area contributed by atoms with Crippen LogP contribution in [0, 0.1) is 0 Å². The van der Waals surface area contributed by atoms with Crippen LogP contribution in [-0.4, -0.2) is 79.7 Å². The molecule has 3 heterocycles. The molecule has 3 aromatic rings. The summed E-state index contributed by atoms with van der Waals surface area (Å²) in [6.07, 6.45) is -3.10. The van der Waals surface area contributed by atoms with Gasteiger partial charge < -0.3 is 29.9 Å². The lowest BCUT2D eigenvalue weighted by Crippen LogP contribution is -2.48. The van der Waals surface area contributed by atoms with Gasteiger partial charge in [-0.2, -0.15) is 0 Å². The summed E-state index contributed by atoms with van der Waals surface area (Å²) in [5, 5.41) is 10.5. The third kappa shape index (κ3) is 6.02. The highest BCUT2D eigenvalue weighted by Gasteiger charge is 2.43. The van der Waals surface area contributed by atoms with Gasteiger partial charge in [-0.25, -0.2) is 14.8 Å². The Morgan fingerprint density at radius 3 is 2.60 bits per heavy atom. The van der Waals surface area contributed by atoms with Crippen LogP contribution in [0.4, 0.5) is 30.5 Å². The van der Waals surface area contributed by atoms with E-state index >= 15 is 0 Å². The van der Waals surface area contributed by atoms with E-state index in [1.165, 1.54) is 30.6 Å². The number of hydrogen-bond acceptors (Lipinski definition) is 9. The molecule has 0 aliphatic carbocycles. The Hall–Kier alpha value is -4.18. The molecule has 1 unspecified atom stereocenters. The van der Waals surface area contributed by atoms with Crippen molar-refractivity contribution in [3.8, 4) is 5.75 Å². The van der Waals surface area contributed by atoms with E-state index in [2.05, 4.69) is 14.7 Å². The maximum absolute atomic E-state index is 13.4. The lowest BCUT2D eigenvalue weighted by Gasteiger charge is -2.32. The van der Waals surface area contributed by atoms with Crippen molar-refractivity contribution in [2.45, 2.75) is 31.3 Å². The summed E-state index contributed by atoms with van der Waals surface area (Å²) in [5.74, 6) is -2.52. The van der Waals surface area contributed by atoms with Gasteiger partial charge in [0.1, 0.15) is 29.5 Å². The highest BCUT2D eigenvalue weighted by molar-refractivity contribution is 7.80. The van der Waals surface area contributed by atoms with Gasteiger partial charge in [0.15, 0.2) is 0 Å². The molecule has 2 aromatic heterocycles. The van der Waals surface area contributed by atoms with E-state index in [1.54, 1.807) is 25.1 Å². The van der Waals surface area contributed by atoms with Crippen molar-refractivity contribution < 1.29 is 41.4 Å². The first-order chi connectivity index (χ1) is 18.8. The van der Waals surface area contributed by atoms with Crippen molar-refractivity contribution in [3.05, 3.63) is 48.3 Å². The minimum atomic E-state index is -5.10. The first kappa shape index (κ1) is 28.8. The summed E-state index contributed by atoms with van der Waals surface area (Å²) < 4.78 is 68.9. The van der Waals surface area contributed by atoms with Crippen LogP contribution in [0.5, 0.6) is 5.75 Å². The molecule has 12 nitrogen and oxygen atoms in total. The van der Waals surface area contributed by atoms with Gasteiger partial charge in [-0.15, -0.1) is 13.2 Å². The molecule has 214 valence electrons. The number of carboxylic acids is 1. The number of aliphatic carboxylic acids is 1. The second-order valence-electron chi connectivity index (χ2n) is 9.13. The van der Waals surface area contributed by atoms with Crippen molar-refractivity contribution in [2.24, 2.45) is 0 Å². The van der Waals surface area contributed by atoms with E-state index in [0.717, 1.165) is 15.3 Å². The largest absolute Gasteiger partial charge is 0.755 e. The molecule has 0 radical (unpaired) electrons. The Labute approximate surface area is 228 Å². The van der Waals surface area contributed by atoms with Gasteiger partial charge in [-0.3, -0.25) is 13.3 Å². The van der Waals surface area contributed by atoms with Gasteiger partial charge in [-0.05, 0) is 47.7 Å². The van der Waals surface area contributed by atoms with Crippen molar-refractivity contribution in [2.75, 3.05) is 35.6 Å². The number of alkyl halides is 3. The number of carbonyl (C=O) groups is 2. The molecule has 4 rings (SSSR count). The minimum Gasteiger partial charge on any atom is -0.755 e. The van der Waals surface area contributed by atoms with Crippen LogP contribution in [0.1, 0.15) is 12.0 Å². The van der Waals surface area contributed by atoms with Gasteiger partial charge in [0.2, 0.25) is 5.91 Å². The Bertz CT molecular complexity index is 1460. The molecule has 0 saturated carbocycles. The van der Waals surface area contributed by atoms with E-state index in [-0.39, 0.29) is 35.4 Å². The average molecular weight is 582 g/mol. The Morgan fingerprint density at radius 2 is 2.02 bits per heavy atom. The maximum Gasteiger partial charge on any atom is 0.573 e. The van der Waals surface area contributed by atoms with E-state index in [0.29, 0.717) is 11.2 Å². The third-order valence-corrected chi connectivity index (χ3v) is 7.16. The van der Waals surface area contributed by atoms with Crippen LogP contribution in [0.25, 0.3) is 10.8 Å². The molecule has 1 aliphatic rings. The molecule has 1 amide bonds. The fourth-order valence-electron chi connectivity index (χ4n) is 4.55. The zero-order chi connectivity index (χ0) is 29.4. The predicted molar refractivity (Wildman–Crippen MR) is 138 cm³/mol. The molecule has 1 aliphatic heterocycles. The van der Waals surface area contributed by atoms with E-state index in [4.69, 9.17) is 5.73 Å². The molecule has 1 saturated heterocycles. The number of pyridine rings is 2. The van der Waals surface area contributed by atoms with Gasteiger partial charge in [0.25, 0.3) is 0 Å². The molecule has 3 atom stereocenters. The van der Waals surface area contributed by atoms with Crippen LogP contribution in [0.3, 0.4) is 0 Å². The molecular formula is C24H24F3N6O6S-. The van der Waals surface area contributed by atoms with Gasteiger partial charge in [-0.1, -0.05) is 0 Å². The van der Waals surface area contributed by atoms with E-state index in [9.17, 15) is 36.6 Å². The second kappa shape index (κ2) is 11.1. The monoisotopic (exact) mass is 581 g/mol. The smallest absolute Gasteiger partial charge is 0.573 e. The lowest BCUT2D eigenvalue weighted by molar-refractivity contribution is -0.274. The van der Waals surface area contributed by atoms with Gasteiger partial charge in [0.05, 0.1) is 11.9 Å². The number of amides is 1. The Morgan fingerprint density at radius 1 is 1.30 bits per heavy atom. The zero-order valence-electron chi connectivity index (χ0n) is 21.2. The number of rotatable bonds is 9. The number of carbonyl (C=O) groups excluding carboxylic acids is 1. The van der Waals surface area contributed by atoms with Crippen molar-refractivity contribution in [3.63, 3.8) is 0 Å². The summed E-state index contributed by atoms with van der Waals surface area (Å²) in [6.45, 7) is -0.155. The first-order valence-corrected chi connectivity index (χ1v) is 12.8. The first-order valence-electron chi connectivity index (χ1n) is 11.7. The maximum atomic E-state index is 13.4. The third-order valence-electron chi connectivity index (χ3n) is 6.38. The van der Waals surface area contributed by atoms with Crippen LogP contribution in [0.2, 0.25) is 0 Å². The predicted octanol–water partition coefficient (Wildman–Crippen LogP) is 2.07. The van der Waals surface area contributed by atoms with Crippen molar-refractivity contribution in [1.29, 1.82) is 0 Å². The summed E-state index contributed by atoms with van der Waals surface area (Å²) in [6, 6.07) is 3.90. The molecule has 1 fully saturated rings. The molecular weight excluding hydrogens is 557 g/mol. The minimum absolute atomic E-state index is 0.0535. The molecule has 16 heteroatoms. The highest BCUT2D eigenvalue weighted by Crippen LogP contribution is 2.35. The quantitative estimate of drug-likeness (QED) is 0.357. The number of nitrogens with two attached hydrogens (primary N) is 1. The molecule has 40 heavy (non-hydrogen) atoms. The second-order valence-corrected chi connectivity index (χ2v) is 9.96. The summed E-state index contributed by atoms with van der Waals surface area (Å²) in [4.78, 5) is 36.3. The zero-order valence-corrected chi connectivity index (χ0v) is 22.0. The molecule has 0 spiro atoms. The van der Waals surface area contributed by atoms with Gasteiger partial charge in [0, 0.05) is 49.9 Å². The van der Waals surface area contributed by atoms with Crippen LogP contribution < -0.4 is 19.7 Å². The summed E-state index contributed by atoms with van der Waals surface area (Å²) in [7, 11) is 3.48. The summed E-state index contributed by atoms with van der Waals surface area (Å²) in [5.41, 5.74) is 5.73. The number of fused-ring (bicyclic) bond motifs is 1. The number of ether oxygens (including phenoxy) is 1. The molecule has 3 N–H and O–H groups in total. The number of aromatic nitrogens is 2. The van der Waals surface area contributed by atoms with Crippen LogP contribution in [-0.2, 0) is 27.3 Å². The molecule has 1 aromatic carbocycles. The Kier molecular flexibility index (Phi) is 8.02. The fraction of sp³-hybridized carbons (Fsp3) is 0.333. The van der Waals surface area contributed by atoms with Gasteiger partial charge >= 0.3 is 12.3 Å². The number of nitrogens with zero attached hydrogens (tertiary/aromatic N) is 5. The fourth-order valence-corrected chi connectivity index (χ4v) is 5.23.